The molecule has 120 valence electrons. The van der Waals surface area contributed by atoms with Gasteiger partial charge >= 0.3 is 0 Å². The van der Waals surface area contributed by atoms with Crippen LogP contribution in [0, 0.1) is 0 Å². The SMILES string of the molecule is CCOc1cc([C@@H](O)c2ccc3c(c2)nnn3C)ccc1OC. The molecule has 1 heterocycles. The van der Waals surface area contributed by atoms with Crippen molar-refractivity contribution >= 4 is 11.0 Å². The number of fused-ring (bicyclic) bond motifs is 1. The molecular formula is C17H19N3O3. The van der Waals surface area contributed by atoms with Gasteiger partial charge in [-0.15, -0.1) is 5.10 Å². The lowest BCUT2D eigenvalue weighted by molar-refractivity contribution is 0.219. The number of aromatic nitrogens is 3. The standard InChI is InChI=1S/C17H19N3O3/c1-4-23-16-10-12(6-8-15(16)22-3)17(21)11-5-7-14-13(9-11)18-19-20(14)2/h5-10,17,21H,4H2,1-3H3/t17-/m0/s1. The molecule has 1 N–H and O–H groups in total. The molecule has 23 heavy (non-hydrogen) atoms. The van der Waals surface area contributed by atoms with E-state index in [4.69, 9.17) is 9.47 Å². The summed E-state index contributed by atoms with van der Waals surface area (Å²) in [5.74, 6) is 1.26. The van der Waals surface area contributed by atoms with Gasteiger partial charge in [0.25, 0.3) is 0 Å². The van der Waals surface area contributed by atoms with Gasteiger partial charge in [0.15, 0.2) is 11.5 Å². The Morgan fingerprint density at radius 1 is 1.13 bits per heavy atom. The minimum atomic E-state index is -0.772. The highest BCUT2D eigenvalue weighted by Crippen LogP contribution is 2.33. The number of rotatable bonds is 5. The van der Waals surface area contributed by atoms with Gasteiger partial charge in [-0.25, -0.2) is 4.68 Å². The molecule has 0 amide bonds. The lowest BCUT2D eigenvalue weighted by atomic mass is 10.0. The highest BCUT2D eigenvalue weighted by atomic mass is 16.5. The van der Waals surface area contributed by atoms with Crippen molar-refractivity contribution in [3.63, 3.8) is 0 Å². The van der Waals surface area contributed by atoms with Gasteiger partial charge in [0, 0.05) is 7.05 Å². The highest BCUT2D eigenvalue weighted by molar-refractivity contribution is 5.75. The van der Waals surface area contributed by atoms with Crippen molar-refractivity contribution in [2.75, 3.05) is 13.7 Å². The Morgan fingerprint density at radius 2 is 1.87 bits per heavy atom. The fourth-order valence-electron chi connectivity index (χ4n) is 2.55. The summed E-state index contributed by atoms with van der Waals surface area (Å²) in [6.07, 6.45) is -0.772. The molecule has 0 saturated carbocycles. The number of hydrogen-bond acceptors (Lipinski definition) is 5. The van der Waals surface area contributed by atoms with Gasteiger partial charge < -0.3 is 14.6 Å². The van der Waals surface area contributed by atoms with Crippen LogP contribution >= 0.6 is 0 Å². The first-order valence-electron chi connectivity index (χ1n) is 7.42. The number of aliphatic hydroxyl groups is 1. The van der Waals surface area contributed by atoms with Gasteiger partial charge in [0.05, 0.1) is 19.2 Å². The maximum absolute atomic E-state index is 10.7. The Hall–Kier alpha value is -2.60. The van der Waals surface area contributed by atoms with Crippen molar-refractivity contribution in [3.05, 3.63) is 47.5 Å². The van der Waals surface area contributed by atoms with E-state index in [0.717, 1.165) is 22.2 Å². The lowest BCUT2D eigenvalue weighted by Gasteiger charge is -2.15. The van der Waals surface area contributed by atoms with E-state index in [9.17, 15) is 5.11 Å². The van der Waals surface area contributed by atoms with Crippen LogP contribution in [0.3, 0.4) is 0 Å². The molecule has 6 nitrogen and oxygen atoms in total. The minimum Gasteiger partial charge on any atom is -0.493 e. The van der Waals surface area contributed by atoms with Crippen LogP contribution in [0.2, 0.25) is 0 Å². The zero-order valence-corrected chi connectivity index (χ0v) is 13.4. The summed E-state index contributed by atoms with van der Waals surface area (Å²) in [7, 11) is 3.43. The molecule has 0 bridgehead atoms. The Labute approximate surface area is 134 Å². The third-order valence-electron chi connectivity index (χ3n) is 3.75. The first kappa shape index (κ1) is 15.3. The number of benzene rings is 2. The molecule has 1 aromatic heterocycles. The van der Waals surface area contributed by atoms with Gasteiger partial charge in [-0.2, -0.15) is 0 Å². The summed E-state index contributed by atoms with van der Waals surface area (Å²) in [4.78, 5) is 0. The van der Waals surface area contributed by atoms with E-state index in [2.05, 4.69) is 10.3 Å². The number of ether oxygens (including phenoxy) is 2. The molecule has 0 aliphatic rings. The van der Waals surface area contributed by atoms with Crippen molar-refractivity contribution in [2.45, 2.75) is 13.0 Å². The van der Waals surface area contributed by atoms with Crippen molar-refractivity contribution in [1.29, 1.82) is 0 Å². The molecule has 0 fully saturated rings. The molecule has 1 atom stereocenters. The van der Waals surface area contributed by atoms with Crippen LogP contribution in [0.1, 0.15) is 24.2 Å². The molecular weight excluding hydrogens is 294 g/mol. The number of hydrogen-bond donors (Lipinski definition) is 1. The molecule has 0 unspecified atom stereocenters. The van der Waals surface area contributed by atoms with E-state index in [1.807, 2.05) is 38.2 Å². The lowest BCUT2D eigenvalue weighted by Crippen LogP contribution is -2.02. The number of nitrogens with zero attached hydrogens (tertiary/aromatic N) is 3. The molecule has 3 aromatic rings. The van der Waals surface area contributed by atoms with Crippen molar-refractivity contribution in [2.24, 2.45) is 7.05 Å². The molecule has 6 heteroatoms. The average Bonchev–Trinajstić information content (AvgIpc) is 2.95. The summed E-state index contributed by atoms with van der Waals surface area (Å²) in [5.41, 5.74) is 3.16. The van der Waals surface area contributed by atoms with Crippen LogP contribution < -0.4 is 9.47 Å². The smallest absolute Gasteiger partial charge is 0.161 e. The molecule has 0 aliphatic carbocycles. The highest BCUT2D eigenvalue weighted by Gasteiger charge is 2.15. The third-order valence-corrected chi connectivity index (χ3v) is 3.75. The monoisotopic (exact) mass is 313 g/mol. The first-order chi connectivity index (χ1) is 11.1. The largest absolute Gasteiger partial charge is 0.493 e. The summed E-state index contributed by atoms with van der Waals surface area (Å²) in [6, 6.07) is 11.0. The maximum Gasteiger partial charge on any atom is 0.161 e. The van der Waals surface area contributed by atoms with Gasteiger partial charge in [0.2, 0.25) is 0 Å². The summed E-state index contributed by atoms with van der Waals surface area (Å²) < 4.78 is 12.5. The Bertz CT molecular complexity index is 829. The Balaban J connectivity index is 1.97. The van der Waals surface area contributed by atoms with E-state index >= 15 is 0 Å². The van der Waals surface area contributed by atoms with E-state index < -0.39 is 6.10 Å². The van der Waals surface area contributed by atoms with Crippen molar-refractivity contribution in [3.8, 4) is 11.5 Å². The maximum atomic E-state index is 10.7. The zero-order valence-electron chi connectivity index (χ0n) is 13.4. The van der Waals surface area contributed by atoms with Gasteiger partial charge in [-0.05, 0) is 42.3 Å². The Kier molecular flexibility index (Phi) is 4.16. The van der Waals surface area contributed by atoms with Crippen molar-refractivity contribution < 1.29 is 14.6 Å². The molecule has 2 aromatic carbocycles. The van der Waals surface area contributed by atoms with E-state index in [1.165, 1.54) is 0 Å². The number of aliphatic hydroxyl groups excluding tert-OH is 1. The second kappa shape index (κ2) is 6.26. The van der Waals surface area contributed by atoms with Crippen molar-refractivity contribution in [1.82, 2.24) is 15.0 Å². The fraction of sp³-hybridized carbons (Fsp3) is 0.294. The minimum absolute atomic E-state index is 0.529. The van der Waals surface area contributed by atoms with Crippen LogP contribution in [-0.4, -0.2) is 33.8 Å². The van der Waals surface area contributed by atoms with Gasteiger partial charge in [-0.1, -0.05) is 17.3 Å². The second-order valence-electron chi connectivity index (χ2n) is 5.21. The van der Waals surface area contributed by atoms with Crippen LogP contribution in [0.15, 0.2) is 36.4 Å². The number of aryl methyl sites for hydroxylation is 1. The van der Waals surface area contributed by atoms with Crippen LogP contribution in [0.4, 0.5) is 0 Å². The summed E-state index contributed by atoms with van der Waals surface area (Å²) in [5, 5.41) is 18.7. The zero-order chi connectivity index (χ0) is 16.4. The molecule has 0 spiro atoms. The first-order valence-corrected chi connectivity index (χ1v) is 7.42. The topological polar surface area (TPSA) is 69.4 Å². The average molecular weight is 313 g/mol. The van der Waals surface area contributed by atoms with Gasteiger partial charge in [0.1, 0.15) is 11.6 Å². The quantitative estimate of drug-likeness (QED) is 0.783. The van der Waals surface area contributed by atoms with Crippen LogP contribution in [0.25, 0.3) is 11.0 Å². The molecule has 0 aliphatic heterocycles. The molecule has 0 radical (unpaired) electrons. The predicted molar refractivity (Wildman–Crippen MR) is 86.7 cm³/mol. The molecule has 0 saturated heterocycles. The van der Waals surface area contributed by atoms with Crippen LogP contribution in [-0.2, 0) is 7.05 Å². The van der Waals surface area contributed by atoms with E-state index in [1.54, 1.807) is 23.9 Å². The van der Waals surface area contributed by atoms with Gasteiger partial charge in [-0.3, -0.25) is 0 Å². The van der Waals surface area contributed by atoms with E-state index in [0.29, 0.717) is 18.1 Å². The number of methoxy groups -OCH3 is 1. The second-order valence-corrected chi connectivity index (χ2v) is 5.21. The fourth-order valence-corrected chi connectivity index (χ4v) is 2.55. The van der Waals surface area contributed by atoms with Crippen LogP contribution in [0.5, 0.6) is 11.5 Å². The van der Waals surface area contributed by atoms with E-state index in [-0.39, 0.29) is 0 Å². The Morgan fingerprint density at radius 3 is 2.61 bits per heavy atom. The predicted octanol–water partition coefficient (Wildman–Crippen LogP) is 2.46. The normalized spacial score (nSPS) is 12.3. The summed E-state index contributed by atoms with van der Waals surface area (Å²) >= 11 is 0. The third kappa shape index (κ3) is 2.85. The molecule has 3 rings (SSSR count). The summed E-state index contributed by atoms with van der Waals surface area (Å²) in [6.45, 7) is 2.44.